The van der Waals surface area contributed by atoms with Crippen LogP contribution in [0.15, 0.2) is 23.8 Å². The molecule has 0 spiro atoms. The van der Waals surface area contributed by atoms with E-state index in [0.29, 0.717) is 30.3 Å². The number of benzene rings is 1. The van der Waals surface area contributed by atoms with Crippen LogP contribution in [-0.2, 0) is 9.59 Å². The molecule has 150 valence electrons. The number of barbiturate groups is 1. The zero-order valence-electron chi connectivity index (χ0n) is 16.3. The molecule has 7 nitrogen and oxygen atoms in total. The monoisotopic (exact) mass is 386 g/mol. The summed E-state index contributed by atoms with van der Waals surface area (Å²) in [7, 11) is 0. The molecule has 1 aromatic carbocycles. The highest BCUT2D eigenvalue weighted by atomic mass is 16.5. The molecule has 7 heteroatoms. The molecule has 2 aliphatic rings. The number of imide groups is 2. The number of hydrogen-bond acceptors (Lipinski definition) is 5. The van der Waals surface area contributed by atoms with E-state index in [4.69, 9.17) is 9.47 Å². The molecular weight excluding hydrogens is 360 g/mol. The van der Waals surface area contributed by atoms with Crippen molar-refractivity contribution in [2.24, 2.45) is 0 Å². The van der Waals surface area contributed by atoms with E-state index in [1.807, 2.05) is 13.8 Å². The van der Waals surface area contributed by atoms with Gasteiger partial charge in [-0.2, -0.15) is 0 Å². The van der Waals surface area contributed by atoms with E-state index in [2.05, 4.69) is 5.32 Å². The zero-order chi connectivity index (χ0) is 20.1. The van der Waals surface area contributed by atoms with Crippen molar-refractivity contribution in [3.8, 4) is 11.5 Å². The highest BCUT2D eigenvalue weighted by Gasteiger charge is 2.40. The fraction of sp³-hybridized carbons (Fsp3) is 0.476. The van der Waals surface area contributed by atoms with Crippen molar-refractivity contribution in [1.29, 1.82) is 0 Å². The van der Waals surface area contributed by atoms with Crippen LogP contribution in [0.25, 0.3) is 6.08 Å². The van der Waals surface area contributed by atoms with Crippen molar-refractivity contribution in [3.05, 3.63) is 29.3 Å². The second-order valence-electron chi connectivity index (χ2n) is 6.86. The molecule has 1 aliphatic carbocycles. The Balaban J connectivity index is 1.90. The predicted molar refractivity (Wildman–Crippen MR) is 104 cm³/mol. The van der Waals surface area contributed by atoms with Crippen molar-refractivity contribution in [2.45, 2.75) is 52.0 Å². The predicted octanol–water partition coefficient (Wildman–Crippen LogP) is 3.28. The van der Waals surface area contributed by atoms with Crippen LogP contribution in [0.3, 0.4) is 0 Å². The molecule has 0 atom stereocenters. The lowest BCUT2D eigenvalue weighted by atomic mass is 9.93. The molecule has 1 saturated heterocycles. The molecule has 1 aromatic rings. The first-order valence-electron chi connectivity index (χ1n) is 9.85. The summed E-state index contributed by atoms with van der Waals surface area (Å²) in [4.78, 5) is 38.8. The maximum absolute atomic E-state index is 13.0. The number of nitrogens with one attached hydrogen (secondary N) is 1. The van der Waals surface area contributed by atoms with Crippen LogP contribution in [0.5, 0.6) is 11.5 Å². The smallest absolute Gasteiger partial charge is 0.331 e. The molecule has 0 unspecified atom stereocenters. The number of carbonyl (C=O) groups excluding carboxylic acids is 3. The van der Waals surface area contributed by atoms with Crippen LogP contribution in [0.1, 0.15) is 51.5 Å². The maximum atomic E-state index is 13.0. The van der Waals surface area contributed by atoms with Crippen molar-refractivity contribution in [2.75, 3.05) is 13.2 Å². The topological polar surface area (TPSA) is 84.9 Å². The molecule has 28 heavy (non-hydrogen) atoms. The Bertz CT molecular complexity index is 796. The van der Waals surface area contributed by atoms with Gasteiger partial charge in [0, 0.05) is 6.04 Å². The van der Waals surface area contributed by atoms with Gasteiger partial charge in [-0.3, -0.25) is 19.8 Å². The Morgan fingerprint density at radius 3 is 2.39 bits per heavy atom. The molecule has 0 bridgehead atoms. The number of rotatable bonds is 6. The molecule has 1 heterocycles. The Hall–Kier alpha value is -2.83. The third-order valence-electron chi connectivity index (χ3n) is 4.95. The number of carbonyl (C=O) groups is 3. The van der Waals surface area contributed by atoms with Gasteiger partial charge < -0.3 is 9.47 Å². The Labute approximate surface area is 164 Å². The Morgan fingerprint density at radius 1 is 1.04 bits per heavy atom. The first-order chi connectivity index (χ1) is 13.5. The van der Waals surface area contributed by atoms with Gasteiger partial charge in [0.1, 0.15) is 5.57 Å². The zero-order valence-corrected chi connectivity index (χ0v) is 16.3. The van der Waals surface area contributed by atoms with E-state index in [-0.39, 0.29) is 11.6 Å². The van der Waals surface area contributed by atoms with Crippen molar-refractivity contribution in [3.63, 3.8) is 0 Å². The molecule has 4 amide bonds. The summed E-state index contributed by atoms with van der Waals surface area (Å²) >= 11 is 0. The number of urea groups is 1. The summed E-state index contributed by atoms with van der Waals surface area (Å²) in [5, 5.41) is 2.30. The van der Waals surface area contributed by atoms with Gasteiger partial charge in [-0.1, -0.05) is 25.3 Å². The van der Waals surface area contributed by atoms with Crippen LogP contribution in [0.4, 0.5) is 4.79 Å². The number of nitrogens with zero attached hydrogens (tertiary/aromatic N) is 1. The van der Waals surface area contributed by atoms with Crippen molar-refractivity contribution < 1.29 is 23.9 Å². The largest absolute Gasteiger partial charge is 0.490 e. The van der Waals surface area contributed by atoms with E-state index < -0.39 is 17.8 Å². The summed E-state index contributed by atoms with van der Waals surface area (Å²) in [6.45, 7) is 4.71. The van der Waals surface area contributed by atoms with Gasteiger partial charge in [-0.05, 0) is 50.5 Å². The number of hydrogen-bond donors (Lipinski definition) is 1. The third kappa shape index (κ3) is 4.18. The minimum Gasteiger partial charge on any atom is -0.490 e. The maximum Gasteiger partial charge on any atom is 0.331 e. The lowest BCUT2D eigenvalue weighted by Gasteiger charge is -2.35. The molecule has 3 rings (SSSR count). The summed E-state index contributed by atoms with van der Waals surface area (Å²) in [6, 6.07) is 4.44. The second-order valence-corrected chi connectivity index (χ2v) is 6.86. The first kappa shape index (κ1) is 19.9. The standard InChI is InChI=1S/C21H26N2O5/c1-3-27-17-11-10-14(13-18(17)28-4-2)12-16-19(24)22-21(26)23(20(16)25)15-8-6-5-7-9-15/h10-13,15H,3-9H2,1-2H3,(H,22,24,26). The normalized spacial score (nSPS) is 19.7. The molecule has 1 N–H and O–H groups in total. The van der Waals surface area contributed by atoms with Crippen LogP contribution in [0.2, 0.25) is 0 Å². The Kier molecular flexibility index (Phi) is 6.34. The molecule has 1 aliphatic heterocycles. The Morgan fingerprint density at radius 2 is 1.71 bits per heavy atom. The van der Waals surface area contributed by atoms with Crippen LogP contribution < -0.4 is 14.8 Å². The average Bonchev–Trinajstić information content (AvgIpc) is 2.68. The second kappa shape index (κ2) is 8.91. The van der Waals surface area contributed by atoms with Crippen LogP contribution in [-0.4, -0.2) is 42.0 Å². The van der Waals surface area contributed by atoms with Gasteiger partial charge in [0.2, 0.25) is 0 Å². The van der Waals surface area contributed by atoms with Gasteiger partial charge in [-0.15, -0.1) is 0 Å². The average molecular weight is 386 g/mol. The fourth-order valence-corrected chi connectivity index (χ4v) is 3.67. The minimum absolute atomic E-state index is 0.0446. The minimum atomic E-state index is -0.672. The molecule has 2 fully saturated rings. The molecule has 1 saturated carbocycles. The quantitative estimate of drug-likeness (QED) is 0.599. The van der Waals surface area contributed by atoms with E-state index in [1.54, 1.807) is 18.2 Å². The lowest BCUT2D eigenvalue weighted by molar-refractivity contribution is -0.132. The summed E-state index contributed by atoms with van der Waals surface area (Å²) in [5.41, 5.74) is 0.583. The highest BCUT2D eigenvalue weighted by Crippen LogP contribution is 2.30. The lowest BCUT2D eigenvalue weighted by Crippen LogP contribution is -2.58. The summed E-state index contributed by atoms with van der Waals surface area (Å²) in [6.07, 6.45) is 6.11. The summed E-state index contributed by atoms with van der Waals surface area (Å²) in [5.74, 6) is -0.0612. The SMILES string of the molecule is CCOc1ccc(C=C2C(=O)NC(=O)N(C3CCCCC3)C2=O)cc1OCC. The van der Waals surface area contributed by atoms with E-state index in [9.17, 15) is 14.4 Å². The number of ether oxygens (including phenoxy) is 2. The molecule has 0 aromatic heterocycles. The van der Waals surface area contributed by atoms with Crippen molar-refractivity contribution >= 4 is 23.9 Å². The van der Waals surface area contributed by atoms with Gasteiger partial charge in [0.15, 0.2) is 11.5 Å². The fourth-order valence-electron chi connectivity index (χ4n) is 3.67. The van der Waals surface area contributed by atoms with Gasteiger partial charge >= 0.3 is 6.03 Å². The number of amides is 4. The highest BCUT2D eigenvalue weighted by molar-refractivity contribution is 6.31. The molecule has 0 radical (unpaired) electrons. The van der Waals surface area contributed by atoms with Gasteiger partial charge in [-0.25, -0.2) is 4.79 Å². The first-order valence-corrected chi connectivity index (χ1v) is 9.85. The van der Waals surface area contributed by atoms with Crippen LogP contribution in [0, 0.1) is 0 Å². The van der Waals surface area contributed by atoms with E-state index in [1.165, 1.54) is 11.0 Å². The molecular formula is C21H26N2O5. The van der Waals surface area contributed by atoms with Crippen LogP contribution >= 0.6 is 0 Å². The third-order valence-corrected chi connectivity index (χ3v) is 4.95. The van der Waals surface area contributed by atoms with E-state index in [0.717, 1.165) is 32.1 Å². The summed E-state index contributed by atoms with van der Waals surface area (Å²) < 4.78 is 11.1. The van der Waals surface area contributed by atoms with Crippen molar-refractivity contribution in [1.82, 2.24) is 10.2 Å². The van der Waals surface area contributed by atoms with Gasteiger partial charge in [0.25, 0.3) is 11.8 Å². The van der Waals surface area contributed by atoms with E-state index >= 15 is 0 Å². The van der Waals surface area contributed by atoms with Gasteiger partial charge in [0.05, 0.1) is 13.2 Å².